The first-order chi connectivity index (χ1) is 9.24. The first kappa shape index (κ1) is 16.7. The Morgan fingerprint density at radius 1 is 1.40 bits per heavy atom. The highest BCUT2D eigenvalue weighted by Gasteiger charge is 2.18. The van der Waals surface area contributed by atoms with Crippen molar-refractivity contribution in [1.29, 1.82) is 0 Å². The second-order valence-electron chi connectivity index (χ2n) is 5.69. The fraction of sp³-hybridized carbons (Fsp3) is 0.533. The van der Waals surface area contributed by atoms with Crippen molar-refractivity contribution < 1.29 is 14.1 Å². The minimum absolute atomic E-state index is 0.135. The van der Waals surface area contributed by atoms with Crippen molar-refractivity contribution >= 4 is 16.7 Å². The molecule has 0 aliphatic rings. The van der Waals surface area contributed by atoms with E-state index >= 15 is 0 Å². The smallest absolute Gasteiger partial charge is 0.160 e. The number of benzene rings is 1. The van der Waals surface area contributed by atoms with E-state index in [4.69, 9.17) is 4.74 Å². The van der Waals surface area contributed by atoms with Gasteiger partial charge >= 0.3 is 0 Å². The van der Waals surface area contributed by atoms with E-state index in [-0.39, 0.29) is 10.5 Å². The Morgan fingerprint density at radius 2 is 2.05 bits per heavy atom. The lowest BCUT2D eigenvalue weighted by Crippen LogP contribution is -2.20. The molecule has 5 heteroatoms. The van der Waals surface area contributed by atoms with Gasteiger partial charge in [0.2, 0.25) is 0 Å². The molecule has 0 saturated heterocycles. The van der Waals surface area contributed by atoms with Crippen LogP contribution in [0.1, 0.15) is 39.7 Å². The monoisotopic (exact) mass is 297 g/mol. The summed E-state index contributed by atoms with van der Waals surface area (Å²) in [6.07, 6.45) is 1.50. The lowest BCUT2D eigenvalue weighted by molar-refractivity contribution is 0.373. The summed E-state index contributed by atoms with van der Waals surface area (Å²) in [6.45, 7) is 7.61. The van der Waals surface area contributed by atoms with Gasteiger partial charge in [0.1, 0.15) is 11.0 Å². The van der Waals surface area contributed by atoms with Crippen LogP contribution in [0.25, 0.3) is 0 Å². The zero-order chi connectivity index (χ0) is 15.3. The van der Waals surface area contributed by atoms with Gasteiger partial charge in [0.15, 0.2) is 11.5 Å². The van der Waals surface area contributed by atoms with E-state index < -0.39 is 11.0 Å². The maximum atomic E-state index is 11.9. The molecule has 1 aromatic carbocycles. The normalized spacial score (nSPS) is 14.2. The Balaban J connectivity index is 2.68. The van der Waals surface area contributed by atoms with Crippen molar-refractivity contribution in [3.63, 3.8) is 0 Å². The third kappa shape index (κ3) is 4.96. The summed E-state index contributed by atoms with van der Waals surface area (Å²) in [6, 6.07) is 5.28. The molecule has 0 heterocycles. The standard InChI is InChI=1S/C15H23NO3S/c1-11(16-20(18)15(2,3)4)6-7-12-8-9-13(17)14(10-12)19-5/h8-10,17H,6-7H2,1-5H3/t20-/m1/s1. The predicted molar refractivity (Wildman–Crippen MR) is 84.0 cm³/mol. The van der Waals surface area contributed by atoms with Crippen molar-refractivity contribution in [2.75, 3.05) is 7.11 Å². The van der Waals surface area contributed by atoms with Crippen molar-refractivity contribution in [3.8, 4) is 11.5 Å². The highest BCUT2D eigenvalue weighted by Crippen LogP contribution is 2.26. The van der Waals surface area contributed by atoms with Gasteiger partial charge in [-0.3, -0.25) is 0 Å². The minimum atomic E-state index is -1.21. The number of nitrogens with zero attached hydrogens (tertiary/aromatic N) is 1. The van der Waals surface area contributed by atoms with Crippen molar-refractivity contribution in [3.05, 3.63) is 23.8 Å². The molecule has 1 aromatic rings. The Kier molecular flexibility index (Phi) is 5.74. The summed E-state index contributed by atoms with van der Waals surface area (Å²) in [5.74, 6) is 0.603. The molecule has 0 aromatic heterocycles. The molecular weight excluding hydrogens is 274 g/mol. The van der Waals surface area contributed by atoms with Crippen molar-refractivity contribution in [2.24, 2.45) is 4.40 Å². The SMILES string of the molecule is COc1cc(CCC(C)=N[S@](=O)C(C)(C)C)ccc1O. The van der Waals surface area contributed by atoms with Crippen LogP contribution in [-0.2, 0) is 17.4 Å². The number of hydrogen-bond donors (Lipinski definition) is 1. The van der Waals surface area contributed by atoms with Gasteiger partial charge in [-0.1, -0.05) is 6.07 Å². The number of phenolic OH excluding ortho intramolecular Hbond substituents is 1. The van der Waals surface area contributed by atoms with E-state index in [1.165, 1.54) is 7.11 Å². The zero-order valence-electron chi connectivity index (χ0n) is 12.8. The third-order valence-electron chi connectivity index (χ3n) is 2.78. The summed E-state index contributed by atoms with van der Waals surface area (Å²) in [7, 11) is 0.314. The van der Waals surface area contributed by atoms with Crippen LogP contribution in [0.15, 0.2) is 22.6 Å². The Morgan fingerprint density at radius 3 is 2.60 bits per heavy atom. The highest BCUT2D eigenvalue weighted by molar-refractivity contribution is 7.85. The quantitative estimate of drug-likeness (QED) is 0.849. The van der Waals surface area contributed by atoms with Gasteiger partial charge in [0, 0.05) is 5.71 Å². The zero-order valence-corrected chi connectivity index (χ0v) is 13.6. The molecule has 4 nitrogen and oxygen atoms in total. The molecule has 1 rings (SSSR count). The van der Waals surface area contributed by atoms with Crippen LogP contribution in [0.4, 0.5) is 0 Å². The van der Waals surface area contributed by atoms with Gasteiger partial charge in [0.25, 0.3) is 0 Å². The molecule has 0 fully saturated rings. The number of rotatable bonds is 5. The second-order valence-corrected chi connectivity index (χ2v) is 7.60. The Labute approximate surface area is 123 Å². The molecule has 0 aliphatic heterocycles. The lowest BCUT2D eigenvalue weighted by atomic mass is 10.1. The summed E-state index contributed by atoms with van der Waals surface area (Å²) >= 11 is 0. The Hall–Kier alpha value is -1.36. The average Bonchev–Trinajstić information content (AvgIpc) is 2.36. The molecule has 0 saturated carbocycles. The molecule has 112 valence electrons. The van der Waals surface area contributed by atoms with E-state index in [9.17, 15) is 9.32 Å². The number of aryl methyl sites for hydroxylation is 1. The number of methoxy groups -OCH3 is 1. The largest absolute Gasteiger partial charge is 0.504 e. The summed E-state index contributed by atoms with van der Waals surface area (Å²) in [4.78, 5) is 0. The van der Waals surface area contributed by atoms with Crippen LogP contribution in [0, 0.1) is 0 Å². The third-order valence-corrected chi connectivity index (χ3v) is 4.31. The van der Waals surface area contributed by atoms with Crippen molar-refractivity contribution in [1.82, 2.24) is 0 Å². The van der Waals surface area contributed by atoms with Crippen LogP contribution in [0.3, 0.4) is 0 Å². The molecular formula is C15H23NO3S. The second kappa shape index (κ2) is 6.88. The molecule has 0 bridgehead atoms. The van der Waals surface area contributed by atoms with Gasteiger partial charge in [-0.05, 0) is 58.2 Å². The molecule has 1 atom stereocenters. The van der Waals surface area contributed by atoms with Crippen LogP contribution >= 0.6 is 0 Å². The first-order valence-electron chi connectivity index (χ1n) is 6.56. The van der Waals surface area contributed by atoms with Crippen molar-refractivity contribution in [2.45, 2.75) is 45.3 Å². The average molecular weight is 297 g/mol. The van der Waals surface area contributed by atoms with Gasteiger partial charge in [0.05, 0.1) is 11.9 Å². The molecule has 0 unspecified atom stereocenters. The van der Waals surface area contributed by atoms with E-state index in [0.29, 0.717) is 5.75 Å². The maximum absolute atomic E-state index is 11.9. The maximum Gasteiger partial charge on any atom is 0.160 e. The van der Waals surface area contributed by atoms with Crippen LogP contribution in [0.5, 0.6) is 11.5 Å². The van der Waals surface area contributed by atoms with Crippen LogP contribution in [0.2, 0.25) is 0 Å². The highest BCUT2D eigenvalue weighted by atomic mass is 32.2. The number of phenols is 1. The van der Waals surface area contributed by atoms with Gasteiger partial charge in [-0.2, -0.15) is 4.40 Å². The lowest BCUT2D eigenvalue weighted by Gasteiger charge is -2.14. The van der Waals surface area contributed by atoms with E-state index in [1.54, 1.807) is 6.07 Å². The van der Waals surface area contributed by atoms with Crippen LogP contribution < -0.4 is 4.74 Å². The topological polar surface area (TPSA) is 58.9 Å². The summed E-state index contributed by atoms with van der Waals surface area (Å²) < 4.78 is 20.9. The predicted octanol–water partition coefficient (Wildman–Crippen LogP) is 3.26. The number of aromatic hydroxyl groups is 1. The molecule has 0 amide bonds. The van der Waals surface area contributed by atoms with Crippen LogP contribution in [-0.4, -0.2) is 26.9 Å². The number of ether oxygens (including phenoxy) is 1. The van der Waals surface area contributed by atoms with E-state index in [1.807, 2.05) is 39.8 Å². The molecule has 20 heavy (non-hydrogen) atoms. The molecule has 1 N–H and O–H groups in total. The fourth-order valence-corrected chi connectivity index (χ4v) is 2.18. The van der Waals surface area contributed by atoms with E-state index in [0.717, 1.165) is 24.1 Å². The fourth-order valence-electron chi connectivity index (χ4n) is 1.53. The molecule has 0 spiro atoms. The molecule has 0 radical (unpaired) electrons. The number of hydrogen-bond acceptors (Lipinski definition) is 3. The minimum Gasteiger partial charge on any atom is -0.504 e. The first-order valence-corrected chi connectivity index (χ1v) is 7.66. The van der Waals surface area contributed by atoms with Gasteiger partial charge in [-0.15, -0.1) is 0 Å². The summed E-state index contributed by atoms with van der Waals surface area (Å²) in [5.41, 5.74) is 1.92. The molecule has 0 aliphatic carbocycles. The Bertz CT molecular complexity index is 518. The van der Waals surface area contributed by atoms with Gasteiger partial charge < -0.3 is 9.84 Å². The summed E-state index contributed by atoms with van der Waals surface area (Å²) in [5, 5.41) is 9.53. The van der Waals surface area contributed by atoms with E-state index in [2.05, 4.69) is 4.40 Å². The van der Waals surface area contributed by atoms with Gasteiger partial charge in [-0.25, -0.2) is 4.21 Å².